The number of nitrogens with one attached hydrogen (secondary N) is 2. The smallest absolute Gasteiger partial charge is 0.341 e. The second-order valence-corrected chi connectivity index (χ2v) is 6.81. The van der Waals surface area contributed by atoms with Gasteiger partial charge in [0.05, 0.1) is 32.0 Å². The normalized spacial score (nSPS) is 10.3. The number of carbonyl (C=O) groups excluding carboxylic acids is 2. The van der Waals surface area contributed by atoms with Crippen molar-refractivity contribution in [2.45, 2.75) is 20.8 Å². The third kappa shape index (κ3) is 4.30. The van der Waals surface area contributed by atoms with Gasteiger partial charge in [0.25, 0.3) is 0 Å². The molecule has 0 aliphatic rings. The van der Waals surface area contributed by atoms with Gasteiger partial charge in [-0.15, -0.1) is 11.3 Å². The molecule has 1 amide bonds. The molecule has 0 spiro atoms. The lowest BCUT2D eigenvalue weighted by atomic mass is 10.1. The van der Waals surface area contributed by atoms with Gasteiger partial charge in [0.2, 0.25) is 5.91 Å². The summed E-state index contributed by atoms with van der Waals surface area (Å²) in [4.78, 5) is 25.2. The first-order valence-electron chi connectivity index (χ1n) is 7.74. The van der Waals surface area contributed by atoms with Crippen LogP contribution in [0.4, 0.5) is 10.7 Å². The van der Waals surface area contributed by atoms with E-state index in [0.717, 1.165) is 21.7 Å². The fraction of sp³-hybridized carbons (Fsp3) is 0.333. The van der Waals surface area contributed by atoms with E-state index in [9.17, 15) is 9.59 Å². The Morgan fingerprint density at radius 2 is 1.88 bits per heavy atom. The number of aryl methyl sites for hydroxylation is 2. The first-order chi connectivity index (χ1) is 11.9. The Labute approximate surface area is 151 Å². The number of anilines is 2. The van der Waals surface area contributed by atoms with E-state index >= 15 is 0 Å². The van der Waals surface area contributed by atoms with E-state index in [-0.39, 0.29) is 12.5 Å². The maximum Gasteiger partial charge on any atom is 0.341 e. The van der Waals surface area contributed by atoms with Gasteiger partial charge in [-0.3, -0.25) is 4.79 Å². The standard InChI is InChI=1S/C18H22N2O4S/c1-10-6-7-14(23-4)13(8-10)19-9-15(21)20-17-16(18(22)24-5)11(2)12(3)25-17/h6-8,19H,9H2,1-5H3,(H,20,21). The molecule has 25 heavy (non-hydrogen) atoms. The molecular weight excluding hydrogens is 340 g/mol. The second-order valence-electron chi connectivity index (χ2n) is 5.58. The Morgan fingerprint density at radius 3 is 2.52 bits per heavy atom. The van der Waals surface area contributed by atoms with Crippen molar-refractivity contribution in [2.24, 2.45) is 0 Å². The maximum atomic E-state index is 12.3. The van der Waals surface area contributed by atoms with Crippen molar-refractivity contribution in [3.8, 4) is 5.75 Å². The minimum absolute atomic E-state index is 0.0520. The summed E-state index contributed by atoms with van der Waals surface area (Å²) in [5.74, 6) is -0.0445. The molecule has 0 fully saturated rings. The second kappa shape index (κ2) is 8.02. The number of rotatable bonds is 6. The van der Waals surface area contributed by atoms with E-state index in [2.05, 4.69) is 10.6 Å². The SMILES string of the molecule is COC(=O)c1c(NC(=O)CNc2cc(C)ccc2OC)sc(C)c1C. The minimum atomic E-state index is -0.453. The monoisotopic (exact) mass is 362 g/mol. The van der Waals surface area contributed by atoms with Gasteiger partial charge in [0.1, 0.15) is 10.8 Å². The molecular formula is C18H22N2O4S. The molecule has 1 heterocycles. The highest BCUT2D eigenvalue weighted by atomic mass is 32.1. The number of hydrogen-bond donors (Lipinski definition) is 2. The summed E-state index contributed by atoms with van der Waals surface area (Å²) in [5, 5.41) is 6.35. The highest BCUT2D eigenvalue weighted by molar-refractivity contribution is 7.16. The molecule has 2 N–H and O–H groups in total. The van der Waals surface area contributed by atoms with Crippen LogP contribution >= 0.6 is 11.3 Å². The van der Waals surface area contributed by atoms with Gasteiger partial charge >= 0.3 is 5.97 Å². The lowest BCUT2D eigenvalue weighted by Crippen LogP contribution is -2.22. The van der Waals surface area contributed by atoms with Gasteiger partial charge in [-0.25, -0.2) is 4.79 Å². The highest BCUT2D eigenvalue weighted by Crippen LogP contribution is 2.33. The Bertz CT molecular complexity index is 799. The Morgan fingerprint density at radius 1 is 1.16 bits per heavy atom. The fourth-order valence-electron chi connectivity index (χ4n) is 2.37. The van der Waals surface area contributed by atoms with Crippen molar-refractivity contribution >= 4 is 33.9 Å². The molecule has 134 valence electrons. The van der Waals surface area contributed by atoms with E-state index in [4.69, 9.17) is 9.47 Å². The molecule has 2 rings (SSSR count). The summed E-state index contributed by atoms with van der Waals surface area (Å²) in [7, 11) is 2.90. The molecule has 0 saturated carbocycles. The van der Waals surface area contributed by atoms with E-state index in [1.165, 1.54) is 18.4 Å². The van der Waals surface area contributed by atoms with Crippen molar-refractivity contribution in [1.82, 2.24) is 0 Å². The molecule has 2 aromatic rings. The number of methoxy groups -OCH3 is 2. The number of carbonyl (C=O) groups is 2. The zero-order valence-corrected chi connectivity index (χ0v) is 15.8. The van der Waals surface area contributed by atoms with Gasteiger partial charge < -0.3 is 20.1 Å². The molecule has 0 radical (unpaired) electrons. The molecule has 1 aromatic carbocycles. The molecule has 7 heteroatoms. The van der Waals surface area contributed by atoms with Gasteiger partial charge in [-0.05, 0) is 44.0 Å². The quantitative estimate of drug-likeness (QED) is 0.769. The van der Waals surface area contributed by atoms with Crippen LogP contribution in [0.2, 0.25) is 0 Å². The van der Waals surface area contributed by atoms with Crippen LogP contribution in [0.15, 0.2) is 18.2 Å². The number of thiophene rings is 1. The third-order valence-electron chi connectivity index (χ3n) is 3.82. The third-order valence-corrected chi connectivity index (χ3v) is 4.94. The molecule has 1 aromatic heterocycles. The van der Waals surface area contributed by atoms with Gasteiger partial charge in [0.15, 0.2) is 0 Å². The van der Waals surface area contributed by atoms with E-state index in [0.29, 0.717) is 16.3 Å². The number of benzene rings is 1. The molecule has 0 bridgehead atoms. The summed E-state index contributed by atoms with van der Waals surface area (Å²) >= 11 is 1.36. The fourth-order valence-corrected chi connectivity index (χ4v) is 3.43. The average molecular weight is 362 g/mol. The van der Waals surface area contributed by atoms with E-state index in [1.807, 2.05) is 39.0 Å². The van der Waals surface area contributed by atoms with Crippen LogP contribution in [0.1, 0.15) is 26.4 Å². The van der Waals surface area contributed by atoms with E-state index in [1.54, 1.807) is 7.11 Å². The predicted octanol–water partition coefficient (Wildman–Crippen LogP) is 3.52. The zero-order chi connectivity index (χ0) is 18.6. The van der Waals surface area contributed by atoms with Crippen molar-refractivity contribution in [3.05, 3.63) is 39.8 Å². The van der Waals surface area contributed by atoms with Crippen LogP contribution in [0.25, 0.3) is 0 Å². The van der Waals surface area contributed by atoms with Crippen molar-refractivity contribution < 1.29 is 19.1 Å². The zero-order valence-electron chi connectivity index (χ0n) is 15.0. The first kappa shape index (κ1) is 18.8. The summed E-state index contributed by atoms with van der Waals surface area (Å²) < 4.78 is 10.1. The van der Waals surface area contributed by atoms with Crippen molar-refractivity contribution in [1.29, 1.82) is 0 Å². The Hall–Kier alpha value is -2.54. The molecule has 0 aliphatic carbocycles. The lowest BCUT2D eigenvalue weighted by Gasteiger charge is -2.12. The van der Waals surface area contributed by atoms with Crippen LogP contribution in [0.3, 0.4) is 0 Å². The number of hydrogen-bond acceptors (Lipinski definition) is 6. The summed E-state index contributed by atoms with van der Waals surface area (Å²) in [6.45, 7) is 5.75. The molecule has 0 atom stereocenters. The van der Waals surface area contributed by atoms with Gasteiger partial charge in [-0.2, -0.15) is 0 Å². The van der Waals surface area contributed by atoms with E-state index < -0.39 is 5.97 Å². The van der Waals surface area contributed by atoms with Crippen molar-refractivity contribution in [3.63, 3.8) is 0 Å². The van der Waals surface area contributed by atoms with Crippen LogP contribution in [0, 0.1) is 20.8 Å². The Balaban J connectivity index is 2.10. The first-order valence-corrected chi connectivity index (χ1v) is 8.55. The summed E-state index contributed by atoms with van der Waals surface area (Å²) in [6, 6.07) is 5.69. The largest absolute Gasteiger partial charge is 0.495 e. The number of amides is 1. The van der Waals surface area contributed by atoms with Crippen LogP contribution < -0.4 is 15.4 Å². The maximum absolute atomic E-state index is 12.3. The van der Waals surface area contributed by atoms with Gasteiger partial charge in [0, 0.05) is 4.88 Å². The number of esters is 1. The summed E-state index contributed by atoms with van der Waals surface area (Å²) in [6.07, 6.45) is 0. The molecule has 0 saturated heterocycles. The van der Waals surface area contributed by atoms with Crippen molar-refractivity contribution in [2.75, 3.05) is 31.4 Å². The summed E-state index contributed by atoms with van der Waals surface area (Å²) in [5.41, 5.74) is 3.03. The van der Waals surface area contributed by atoms with Gasteiger partial charge in [-0.1, -0.05) is 6.07 Å². The number of ether oxygens (including phenoxy) is 2. The van der Waals surface area contributed by atoms with Crippen LogP contribution in [0.5, 0.6) is 5.75 Å². The molecule has 6 nitrogen and oxygen atoms in total. The highest BCUT2D eigenvalue weighted by Gasteiger charge is 2.21. The van der Waals surface area contributed by atoms with Crippen LogP contribution in [-0.4, -0.2) is 32.6 Å². The Kier molecular flexibility index (Phi) is 6.03. The molecule has 0 aliphatic heterocycles. The topological polar surface area (TPSA) is 76.7 Å². The average Bonchev–Trinajstić information content (AvgIpc) is 2.86. The predicted molar refractivity (Wildman–Crippen MR) is 100.0 cm³/mol. The van der Waals surface area contributed by atoms with Crippen LogP contribution in [-0.2, 0) is 9.53 Å². The lowest BCUT2D eigenvalue weighted by molar-refractivity contribution is -0.114. The minimum Gasteiger partial charge on any atom is -0.495 e. The molecule has 0 unspecified atom stereocenters.